The zero-order chi connectivity index (χ0) is 14.8. The lowest BCUT2D eigenvalue weighted by atomic mass is 10.1. The molecule has 5 heteroatoms. The van der Waals surface area contributed by atoms with E-state index in [4.69, 9.17) is 4.98 Å². The number of nitrogens with zero attached hydrogens (tertiary/aromatic N) is 2. The van der Waals surface area contributed by atoms with Crippen LogP contribution in [0.5, 0.6) is 0 Å². The standard InChI is InChI=1S/C15H23N3S2/c1-11(13-7-6-8-19-13)18(5)14-17-12(10-20-14)9-16-15(2,3)4/h6-8,10-11,16H,9H2,1-5H3. The second-order valence-electron chi connectivity index (χ2n) is 6.03. The second kappa shape index (κ2) is 6.24. The molecule has 0 fully saturated rings. The van der Waals surface area contributed by atoms with E-state index in [1.165, 1.54) is 4.88 Å². The van der Waals surface area contributed by atoms with Crippen molar-refractivity contribution in [1.29, 1.82) is 0 Å². The van der Waals surface area contributed by atoms with Crippen LogP contribution in [-0.4, -0.2) is 17.6 Å². The van der Waals surface area contributed by atoms with Gasteiger partial charge in [-0.1, -0.05) is 6.07 Å². The van der Waals surface area contributed by atoms with E-state index in [1.807, 2.05) is 0 Å². The summed E-state index contributed by atoms with van der Waals surface area (Å²) in [6.07, 6.45) is 0. The normalized spacial score (nSPS) is 13.4. The lowest BCUT2D eigenvalue weighted by Crippen LogP contribution is -2.35. The summed E-state index contributed by atoms with van der Waals surface area (Å²) in [6.45, 7) is 9.56. The predicted molar refractivity (Wildman–Crippen MR) is 89.8 cm³/mol. The maximum atomic E-state index is 4.73. The molecule has 0 aliphatic carbocycles. The van der Waals surface area contributed by atoms with Crippen molar-refractivity contribution in [3.05, 3.63) is 33.5 Å². The summed E-state index contributed by atoms with van der Waals surface area (Å²) in [5.74, 6) is 0. The molecule has 2 aromatic rings. The summed E-state index contributed by atoms with van der Waals surface area (Å²) in [4.78, 5) is 8.35. The Bertz CT molecular complexity index is 526. The predicted octanol–water partition coefficient (Wildman–Crippen LogP) is 4.29. The Balaban J connectivity index is 2.01. The smallest absolute Gasteiger partial charge is 0.185 e. The summed E-state index contributed by atoms with van der Waals surface area (Å²) < 4.78 is 0. The van der Waals surface area contributed by atoms with E-state index in [0.717, 1.165) is 17.4 Å². The molecule has 2 rings (SSSR count). The van der Waals surface area contributed by atoms with Crippen molar-refractivity contribution in [1.82, 2.24) is 10.3 Å². The molecule has 0 radical (unpaired) electrons. The molecule has 20 heavy (non-hydrogen) atoms. The van der Waals surface area contributed by atoms with Gasteiger partial charge in [0.2, 0.25) is 0 Å². The highest BCUT2D eigenvalue weighted by Crippen LogP contribution is 2.30. The summed E-state index contributed by atoms with van der Waals surface area (Å²) >= 11 is 3.51. The topological polar surface area (TPSA) is 28.2 Å². The largest absolute Gasteiger partial charge is 0.344 e. The van der Waals surface area contributed by atoms with E-state index in [0.29, 0.717) is 6.04 Å². The highest BCUT2D eigenvalue weighted by Gasteiger charge is 2.17. The average Bonchev–Trinajstić information content (AvgIpc) is 3.04. The third-order valence-electron chi connectivity index (χ3n) is 3.18. The van der Waals surface area contributed by atoms with Crippen molar-refractivity contribution in [2.24, 2.45) is 0 Å². The van der Waals surface area contributed by atoms with Gasteiger partial charge in [0.25, 0.3) is 0 Å². The zero-order valence-electron chi connectivity index (χ0n) is 12.8. The van der Waals surface area contributed by atoms with Gasteiger partial charge in [0, 0.05) is 29.4 Å². The second-order valence-corrected chi connectivity index (χ2v) is 7.84. The average molecular weight is 310 g/mol. The molecule has 1 unspecified atom stereocenters. The van der Waals surface area contributed by atoms with E-state index in [-0.39, 0.29) is 5.54 Å². The van der Waals surface area contributed by atoms with Gasteiger partial charge in [-0.05, 0) is 39.1 Å². The fraction of sp³-hybridized carbons (Fsp3) is 0.533. The Kier molecular flexibility index (Phi) is 4.83. The highest BCUT2D eigenvalue weighted by atomic mass is 32.1. The zero-order valence-corrected chi connectivity index (χ0v) is 14.4. The van der Waals surface area contributed by atoms with Crippen LogP contribution in [0, 0.1) is 0 Å². The van der Waals surface area contributed by atoms with E-state index in [1.54, 1.807) is 22.7 Å². The molecule has 1 N–H and O–H groups in total. The van der Waals surface area contributed by atoms with Crippen LogP contribution in [0.1, 0.15) is 44.3 Å². The first-order valence-electron chi connectivity index (χ1n) is 6.82. The highest BCUT2D eigenvalue weighted by molar-refractivity contribution is 7.13. The van der Waals surface area contributed by atoms with Crippen molar-refractivity contribution < 1.29 is 0 Å². The number of rotatable bonds is 5. The van der Waals surface area contributed by atoms with Gasteiger partial charge >= 0.3 is 0 Å². The molecule has 2 heterocycles. The van der Waals surface area contributed by atoms with Crippen LogP contribution in [-0.2, 0) is 6.54 Å². The van der Waals surface area contributed by atoms with Crippen molar-refractivity contribution in [3.63, 3.8) is 0 Å². The van der Waals surface area contributed by atoms with Crippen LogP contribution < -0.4 is 10.2 Å². The minimum absolute atomic E-state index is 0.125. The molecule has 3 nitrogen and oxygen atoms in total. The first kappa shape index (κ1) is 15.5. The molecule has 0 saturated carbocycles. The minimum atomic E-state index is 0.125. The molecule has 0 aliphatic heterocycles. The number of hydrogen-bond donors (Lipinski definition) is 1. The van der Waals surface area contributed by atoms with Gasteiger partial charge < -0.3 is 10.2 Å². The molecular weight excluding hydrogens is 286 g/mol. The lowest BCUT2D eigenvalue weighted by Gasteiger charge is -2.23. The minimum Gasteiger partial charge on any atom is -0.344 e. The van der Waals surface area contributed by atoms with Crippen LogP contribution in [0.3, 0.4) is 0 Å². The molecule has 0 aromatic carbocycles. The molecule has 0 aliphatic rings. The first-order valence-corrected chi connectivity index (χ1v) is 8.58. The Morgan fingerprint density at radius 3 is 2.70 bits per heavy atom. The molecule has 1 atom stereocenters. The Morgan fingerprint density at radius 1 is 1.35 bits per heavy atom. The van der Waals surface area contributed by atoms with Crippen LogP contribution in [0.15, 0.2) is 22.9 Å². The number of thiophene rings is 1. The number of hydrogen-bond acceptors (Lipinski definition) is 5. The molecule has 110 valence electrons. The van der Waals surface area contributed by atoms with Crippen LogP contribution in [0.4, 0.5) is 5.13 Å². The lowest BCUT2D eigenvalue weighted by molar-refractivity contribution is 0.422. The molecule has 0 bridgehead atoms. The Hall–Kier alpha value is -0.910. The van der Waals surface area contributed by atoms with Crippen molar-refractivity contribution in [3.8, 4) is 0 Å². The van der Waals surface area contributed by atoms with Crippen molar-refractivity contribution >= 4 is 27.8 Å². The summed E-state index contributed by atoms with van der Waals surface area (Å²) in [7, 11) is 2.12. The van der Waals surface area contributed by atoms with Gasteiger partial charge in [-0.2, -0.15) is 0 Å². The van der Waals surface area contributed by atoms with E-state index < -0.39 is 0 Å². The molecule has 0 amide bonds. The molecule has 2 aromatic heterocycles. The maximum Gasteiger partial charge on any atom is 0.185 e. The van der Waals surface area contributed by atoms with Crippen LogP contribution in [0.25, 0.3) is 0 Å². The van der Waals surface area contributed by atoms with Gasteiger partial charge in [0.1, 0.15) is 0 Å². The monoisotopic (exact) mass is 309 g/mol. The van der Waals surface area contributed by atoms with Gasteiger partial charge in [-0.3, -0.25) is 0 Å². The summed E-state index contributed by atoms with van der Waals surface area (Å²) in [5.41, 5.74) is 1.24. The van der Waals surface area contributed by atoms with E-state index in [2.05, 4.69) is 67.9 Å². The first-order chi connectivity index (χ1) is 9.37. The molecular formula is C15H23N3S2. The quantitative estimate of drug-likeness (QED) is 0.893. The van der Waals surface area contributed by atoms with Crippen molar-refractivity contribution in [2.75, 3.05) is 11.9 Å². The number of anilines is 1. The van der Waals surface area contributed by atoms with E-state index >= 15 is 0 Å². The maximum absolute atomic E-state index is 4.73. The number of thiazole rings is 1. The van der Waals surface area contributed by atoms with E-state index in [9.17, 15) is 0 Å². The summed E-state index contributed by atoms with van der Waals surface area (Å²) in [5, 5.41) is 8.82. The van der Waals surface area contributed by atoms with Crippen LogP contribution in [0.2, 0.25) is 0 Å². The van der Waals surface area contributed by atoms with Gasteiger partial charge in [-0.25, -0.2) is 4.98 Å². The number of aromatic nitrogens is 1. The SMILES string of the molecule is CC(c1cccs1)N(C)c1nc(CNC(C)(C)C)cs1. The fourth-order valence-corrected chi connectivity index (χ4v) is 3.48. The fourth-order valence-electron chi connectivity index (χ4n) is 1.78. The van der Waals surface area contributed by atoms with Crippen molar-refractivity contribution in [2.45, 2.75) is 45.8 Å². The number of nitrogens with one attached hydrogen (secondary N) is 1. The van der Waals surface area contributed by atoms with Gasteiger partial charge in [0.15, 0.2) is 5.13 Å². The molecule has 0 saturated heterocycles. The Labute approximate surface area is 129 Å². The van der Waals surface area contributed by atoms with Crippen LogP contribution >= 0.6 is 22.7 Å². The third-order valence-corrected chi connectivity index (χ3v) is 5.20. The summed E-state index contributed by atoms with van der Waals surface area (Å²) in [6, 6.07) is 4.65. The Morgan fingerprint density at radius 2 is 2.10 bits per heavy atom. The third kappa shape index (κ3) is 4.04. The van der Waals surface area contributed by atoms with Gasteiger partial charge in [0.05, 0.1) is 11.7 Å². The van der Waals surface area contributed by atoms with Gasteiger partial charge in [-0.15, -0.1) is 22.7 Å². The molecule has 0 spiro atoms.